The zero-order valence-corrected chi connectivity index (χ0v) is 21.6. The number of carbonyl (C=O) groups excluding carboxylic acids is 1. The van der Waals surface area contributed by atoms with Crippen molar-refractivity contribution in [2.24, 2.45) is 15.2 Å². The SMILES string of the molecule is O=C([O-])c1ncccc1-c1ccc(F)cc1F.[Ir+3].[Ir+3].[O-]C1(C(F)(F)F)N=NC(c2ccccn2)=N1. The van der Waals surface area contributed by atoms with Crippen molar-refractivity contribution >= 4 is 11.8 Å². The number of aromatic nitrogens is 2. The molecule has 2 aromatic heterocycles. The number of aliphatic imine (C=N–C) groups is 1. The van der Waals surface area contributed by atoms with Gasteiger partial charge in [-0.3, -0.25) is 9.97 Å². The van der Waals surface area contributed by atoms with Crippen LogP contribution in [-0.4, -0.2) is 33.8 Å². The first-order valence-electron chi connectivity index (χ1n) is 8.85. The van der Waals surface area contributed by atoms with E-state index >= 15 is 0 Å². The predicted octanol–water partition coefficient (Wildman–Crippen LogP) is 2.26. The fraction of sp³-hybridized carbons (Fsp3) is 0.100. The molecule has 1 atom stereocenters. The third-order valence-electron chi connectivity index (χ3n) is 4.02. The summed E-state index contributed by atoms with van der Waals surface area (Å²) >= 11 is 0. The molecule has 0 radical (unpaired) electrons. The number of hydrogen-bond acceptors (Lipinski definition) is 8. The summed E-state index contributed by atoms with van der Waals surface area (Å²) < 4.78 is 63.0. The van der Waals surface area contributed by atoms with Gasteiger partial charge in [-0.15, -0.1) is 5.11 Å². The van der Waals surface area contributed by atoms with Gasteiger partial charge in [0, 0.05) is 29.6 Å². The molecule has 0 N–H and O–H groups in total. The van der Waals surface area contributed by atoms with Crippen LogP contribution >= 0.6 is 0 Å². The first-order chi connectivity index (χ1) is 15.5. The topological polar surface area (TPSA) is 126 Å². The summed E-state index contributed by atoms with van der Waals surface area (Å²) in [5.41, 5.74) is -0.269. The number of halogens is 5. The Morgan fingerprint density at radius 2 is 1.60 bits per heavy atom. The number of nitrogens with zero attached hydrogens (tertiary/aromatic N) is 5. The standard InChI is InChI=1S/C12H7F2NO2.C8H4F3N4O.2Ir/c13-7-3-4-8(10(14)6-7)9-2-1-5-15-11(9)12(16)17;9-7(10,11)8(16)13-6(14-15-8)5-3-1-2-4-12-5;;/h1-6H,(H,16,17);1-4H;;/q;-1;2*+3/p-1. The zero-order valence-electron chi connectivity index (χ0n) is 16.8. The van der Waals surface area contributed by atoms with Crippen LogP contribution in [0, 0.1) is 11.6 Å². The Hall–Kier alpha value is -2.83. The fourth-order valence-electron chi connectivity index (χ4n) is 2.52. The van der Waals surface area contributed by atoms with Crippen LogP contribution in [0.4, 0.5) is 22.0 Å². The van der Waals surface area contributed by atoms with Gasteiger partial charge in [0.1, 0.15) is 17.3 Å². The van der Waals surface area contributed by atoms with Gasteiger partial charge in [0.2, 0.25) is 5.85 Å². The first kappa shape index (κ1) is 30.2. The molecule has 0 amide bonds. The molecule has 4 rings (SSSR count). The van der Waals surface area contributed by atoms with Crippen LogP contribution in [0.5, 0.6) is 0 Å². The summed E-state index contributed by atoms with van der Waals surface area (Å²) in [6.07, 6.45) is -2.49. The van der Waals surface area contributed by atoms with E-state index in [9.17, 15) is 37.0 Å². The molecular formula is C20H10F5Ir2N5O3+4. The van der Waals surface area contributed by atoms with E-state index in [1.54, 1.807) is 12.1 Å². The Morgan fingerprint density at radius 3 is 2.14 bits per heavy atom. The van der Waals surface area contributed by atoms with Crippen molar-refractivity contribution in [1.82, 2.24) is 9.97 Å². The minimum absolute atomic E-state index is 0. The normalized spacial score (nSPS) is 16.2. The van der Waals surface area contributed by atoms with Gasteiger partial charge >= 0.3 is 46.4 Å². The molecule has 0 saturated heterocycles. The molecule has 35 heavy (non-hydrogen) atoms. The van der Waals surface area contributed by atoms with Gasteiger partial charge in [-0.05, 0) is 30.3 Å². The van der Waals surface area contributed by atoms with Crippen LogP contribution < -0.4 is 10.2 Å². The van der Waals surface area contributed by atoms with E-state index in [1.807, 2.05) is 0 Å². The number of amidine groups is 1. The summed E-state index contributed by atoms with van der Waals surface area (Å²) in [7, 11) is 0. The minimum Gasteiger partial charge on any atom is -0.806 e. The van der Waals surface area contributed by atoms with Crippen LogP contribution in [0.1, 0.15) is 16.2 Å². The summed E-state index contributed by atoms with van der Waals surface area (Å²) in [6, 6.07) is 10.2. The number of aromatic carboxylic acids is 1. The van der Waals surface area contributed by atoms with E-state index in [4.69, 9.17) is 0 Å². The number of carboxylic acid groups (broad SMARTS) is 1. The molecule has 3 aromatic rings. The van der Waals surface area contributed by atoms with Crippen molar-refractivity contribution in [1.29, 1.82) is 0 Å². The summed E-state index contributed by atoms with van der Waals surface area (Å²) in [6.45, 7) is 0. The van der Waals surface area contributed by atoms with Gasteiger partial charge in [-0.2, -0.15) is 18.3 Å². The maximum Gasteiger partial charge on any atom is 3.00 e. The third kappa shape index (κ3) is 7.09. The van der Waals surface area contributed by atoms with Crippen LogP contribution in [0.25, 0.3) is 11.1 Å². The van der Waals surface area contributed by atoms with Crippen molar-refractivity contribution in [3.63, 3.8) is 0 Å². The average molecular weight is 848 g/mol. The minimum atomic E-state index is -5.10. The van der Waals surface area contributed by atoms with Gasteiger partial charge in [-0.1, -0.05) is 12.1 Å². The Morgan fingerprint density at radius 1 is 0.914 bits per heavy atom. The van der Waals surface area contributed by atoms with Crippen molar-refractivity contribution in [3.8, 4) is 11.1 Å². The molecule has 1 unspecified atom stereocenters. The second kappa shape index (κ2) is 12.2. The predicted molar refractivity (Wildman–Crippen MR) is 98.3 cm³/mol. The fourth-order valence-corrected chi connectivity index (χ4v) is 2.52. The summed E-state index contributed by atoms with van der Waals surface area (Å²) in [5.74, 6) is -7.23. The van der Waals surface area contributed by atoms with E-state index < -0.39 is 35.5 Å². The number of benzene rings is 1. The third-order valence-corrected chi connectivity index (χ3v) is 4.02. The number of pyridine rings is 2. The van der Waals surface area contributed by atoms with E-state index in [1.165, 1.54) is 30.6 Å². The van der Waals surface area contributed by atoms with Crippen LogP contribution in [-0.2, 0) is 40.2 Å². The second-order valence-electron chi connectivity index (χ2n) is 6.27. The molecular weight excluding hydrogens is 838 g/mol. The van der Waals surface area contributed by atoms with Gasteiger partial charge in [0.05, 0.1) is 11.7 Å². The monoisotopic (exact) mass is 849 g/mol. The molecule has 0 fully saturated rings. The summed E-state index contributed by atoms with van der Waals surface area (Å²) in [5, 5.41) is 27.6. The van der Waals surface area contributed by atoms with Crippen molar-refractivity contribution < 1.29 is 77.2 Å². The number of azo groups is 1. The summed E-state index contributed by atoms with van der Waals surface area (Å²) in [4.78, 5) is 21.0. The van der Waals surface area contributed by atoms with Crippen LogP contribution in [0.2, 0.25) is 0 Å². The van der Waals surface area contributed by atoms with Gasteiger partial charge in [0.15, 0.2) is 5.84 Å². The molecule has 0 spiro atoms. The Kier molecular flexibility index (Phi) is 10.5. The molecule has 1 aromatic carbocycles. The number of hydrogen-bond donors (Lipinski definition) is 0. The molecule has 1 aliphatic rings. The van der Waals surface area contributed by atoms with Crippen molar-refractivity contribution in [3.05, 3.63) is 83.9 Å². The number of alkyl halides is 3. The maximum absolute atomic E-state index is 13.5. The molecule has 3 heterocycles. The van der Waals surface area contributed by atoms with E-state index in [0.29, 0.717) is 6.07 Å². The quantitative estimate of drug-likeness (QED) is 0.375. The van der Waals surface area contributed by atoms with E-state index in [0.717, 1.165) is 12.1 Å². The smallest absolute Gasteiger partial charge is 0.806 e. The molecule has 182 valence electrons. The number of carboxylic acids is 1. The van der Waals surface area contributed by atoms with E-state index in [-0.39, 0.29) is 62.7 Å². The van der Waals surface area contributed by atoms with Gasteiger partial charge in [0.25, 0.3) is 0 Å². The van der Waals surface area contributed by atoms with E-state index in [2.05, 4.69) is 25.2 Å². The van der Waals surface area contributed by atoms with Crippen LogP contribution in [0.15, 0.2) is 76.1 Å². The Balaban J connectivity index is 0.000000332. The molecule has 1 aliphatic heterocycles. The Labute approximate surface area is 220 Å². The molecule has 8 nitrogen and oxygen atoms in total. The Bertz CT molecular complexity index is 1250. The number of carbonyl (C=O) groups is 1. The maximum atomic E-state index is 13.5. The van der Waals surface area contributed by atoms with Gasteiger partial charge < -0.3 is 15.0 Å². The second-order valence-corrected chi connectivity index (χ2v) is 6.27. The zero-order chi connectivity index (χ0) is 24.2. The number of rotatable bonds is 3. The molecule has 15 heteroatoms. The average Bonchev–Trinajstić information content (AvgIpc) is 3.19. The van der Waals surface area contributed by atoms with Crippen molar-refractivity contribution in [2.45, 2.75) is 12.0 Å². The molecule has 0 aliphatic carbocycles. The van der Waals surface area contributed by atoms with Gasteiger partial charge in [-0.25, -0.2) is 13.8 Å². The largest absolute Gasteiger partial charge is 3.00 e. The molecule has 0 saturated carbocycles. The van der Waals surface area contributed by atoms with Crippen LogP contribution in [0.3, 0.4) is 0 Å². The molecule has 0 bridgehead atoms. The first-order valence-corrected chi connectivity index (χ1v) is 8.85. The van der Waals surface area contributed by atoms with Crippen molar-refractivity contribution in [2.75, 3.05) is 0 Å².